The van der Waals surface area contributed by atoms with Gasteiger partial charge in [0.1, 0.15) is 0 Å². The third-order valence-corrected chi connectivity index (χ3v) is 3.12. The van der Waals surface area contributed by atoms with Gasteiger partial charge in [0.25, 0.3) is 0 Å². The molecule has 1 fully saturated rings. The zero-order chi connectivity index (χ0) is 12.5. The van der Waals surface area contributed by atoms with Crippen molar-refractivity contribution >= 4 is 11.6 Å². The van der Waals surface area contributed by atoms with Crippen LogP contribution in [-0.2, 0) is 4.79 Å². The quantitative estimate of drug-likeness (QED) is 0.846. The van der Waals surface area contributed by atoms with Gasteiger partial charge >= 0.3 is 0 Å². The van der Waals surface area contributed by atoms with Gasteiger partial charge in [-0.05, 0) is 31.4 Å². The molecular weight excluding hydrogens is 232 g/mol. The number of fused-ring (bicyclic) bond motifs is 1. The van der Waals surface area contributed by atoms with Crippen LogP contribution in [0.15, 0.2) is 12.1 Å². The van der Waals surface area contributed by atoms with Gasteiger partial charge < -0.3 is 20.1 Å². The molecule has 0 atom stereocenters. The summed E-state index contributed by atoms with van der Waals surface area (Å²) in [7, 11) is 0. The van der Waals surface area contributed by atoms with Crippen LogP contribution in [0.5, 0.6) is 11.5 Å². The van der Waals surface area contributed by atoms with Crippen molar-refractivity contribution in [3.8, 4) is 11.5 Å². The summed E-state index contributed by atoms with van der Waals surface area (Å²) < 4.78 is 10.6. The Hall–Kier alpha value is -1.75. The van der Waals surface area contributed by atoms with Gasteiger partial charge in [0, 0.05) is 17.8 Å². The molecule has 0 spiro atoms. The summed E-state index contributed by atoms with van der Waals surface area (Å²) in [5.74, 6) is 1.40. The normalized spacial score (nSPS) is 16.7. The first-order valence-corrected chi connectivity index (χ1v) is 6.16. The van der Waals surface area contributed by atoms with E-state index in [9.17, 15) is 4.79 Å². The zero-order valence-corrected chi connectivity index (χ0v) is 10.3. The topological polar surface area (TPSA) is 59.6 Å². The SMILES string of the molecule is Cc1cc2c(cc1NC(=O)CNC1CC1)OCO2. The minimum absolute atomic E-state index is 0.0242. The summed E-state index contributed by atoms with van der Waals surface area (Å²) in [6.07, 6.45) is 2.35. The third-order valence-electron chi connectivity index (χ3n) is 3.12. The second kappa shape index (κ2) is 4.49. The highest BCUT2D eigenvalue weighted by molar-refractivity contribution is 5.93. The number of carbonyl (C=O) groups excluding carboxylic acids is 1. The van der Waals surface area contributed by atoms with Crippen LogP contribution in [-0.4, -0.2) is 25.3 Å². The average molecular weight is 248 g/mol. The molecule has 1 saturated carbocycles. The van der Waals surface area contributed by atoms with Gasteiger partial charge in [0.05, 0.1) is 6.54 Å². The molecular formula is C13H16N2O3. The maximum absolute atomic E-state index is 11.8. The number of ether oxygens (including phenoxy) is 2. The van der Waals surface area contributed by atoms with Gasteiger partial charge in [-0.2, -0.15) is 0 Å². The molecule has 18 heavy (non-hydrogen) atoms. The van der Waals surface area contributed by atoms with Crippen molar-refractivity contribution in [2.75, 3.05) is 18.7 Å². The molecule has 5 heteroatoms. The number of hydrogen-bond acceptors (Lipinski definition) is 4. The zero-order valence-electron chi connectivity index (χ0n) is 10.3. The van der Waals surface area contributed by atoms with Crippen molar-refractivity contribution in [3.63, 3.8) is 0 Å². The molecule has 0 radical (unpaired) electrons. The molecule has 96 valence electrons. The Morgan fingerprint density at radius 3 is 2.78 bits per heavy atom. The maximum atomic E-state index is 11.8. The maximum Gasteiger partial charge on any atom is 0.238 e. The number of amides is 1. The summed E-state index contributed by atoms with van der Waals surface area (Å²) in [6, 6.07) is 4.23. The predicted molar refractivity (Wildman–Crippen MR) is 67.0 cm³/mol. The van der Waals surface area contributed by atoms with Crippen molar-refractivity contribution in [1.29, 1.82) is 0 Å². The van der Waals surface area contributed by atoms with Gasteiger partial charge in [0.2, 0.25) is 12.7 Å². The standard InChI is InChI=1S/C13H16N2O3/c1-8-4-11-12(18-7-17-11)5-10(8)15-13(16)6-14-9-2-3-9/h4-5,9,14H,2-3,6-7H2,1H3,(H,15,16). The molecule has 0 unspecified atom stereocenters. The number of hydrogen-bond donors (Lipinski definition) is 2. The molecule has 1 aliphatic heterocycles. The fraction of sp³-hybridized carbons (Fsp3) is 0.462. The van der Waals surface area contributed by atoms with Gasteiger partial charge in [0.15, 0.2) is 11.5 Å². The number of rotatable bonds is 4. The summed E-state index contributed by atoms with van der Waals surface area (Å²) in [5.41, 5.74) is 1.75. The van der Waals surface area contributed by atoms with Crippen LogP contribution < -0.4 is 20.1 Å². The second-order valence-electron chi connectivity index (χ2n) is 4.72. The lowest BCUT2D eigenvalue weighted by molar-refractivity contribution is -0.115. The average Bonchev–Trinajstić information content (AvgIpc) is 3.07. The molecule has 0 saturated heterocycles. The number of nitrogens with one attached hydrogen (secondary N) is 2. The molecule has 5 nitrogen and oxygen atoms in total. The van der Waals surface area contributed by atoms with E-state index < -0.39 is 0 Å². The Labute approximate surface area is 105 Å². The molecule has 2 N–H and O–H groups in total. The van der Waals surface area contributed by atoms with Crippen molar-refractivity contribution < 1.29 is 14.3 Å². The Balaban J connectivity index is 1.65. The molecule has 1 aliphatic carbocycles. The van der Waals surface area contributed by atoms with Gasteiger partial charge in [-0.15, -0.1) is 0 Å². The van der Waals surface area contributed by atoms with E-state index in [1.165, 1.54) is 12.8 Å². The lowest BCUT2D eigenvalue weighted by atomic mass is 10.1. The number of anilines is 1. The number of aryl methyl sites for hydroxylation is 1. The van der Waals surface area contributed by atoms with Crippen LogP contribution in [0.2, 0.25) is 0 Å². The Kier molecular flexibility index (Phi) is 2.83. The molecule has 3 rings (SSSR count). The van der Waals surface area contributed by atoms with Crippen LogP contribution in [0.4, 0.5) is 5.69 Å². The van der Waals surface area contributed by atoms with E-state index in [2.05, 4.69) is 10.6 Å². The third kappa shape index (κ3) is 2.41. The van der Waals surface area contributed by atoms with E-state index in [1.807, 2.05) is 19.1 Å². The van der Waals surface area contributed by atoms with Crippen molar-refractivity contribution in [3.05, 3.63) is 17.7 Å². The summed E-state index contributed by atoms with van der Waals surface area (Å²) >= 11 is 0. The van der Waals surface area contributed by atoms with Crippen LogP contribution >= 0.6 is 0 Å². The minimum Gasteiger partial charge on any atom is -0.454 e. The molecule has 1 aromatic rings. The first-order chi connectivity index (χ1) is 8.72. The molecule has 0 bridgehead atoms. The highest BCUT2D eigenvalue weighted by Crippen LogP contribution is 2.36. The Morgan fingerprint density at radius 1 is 1.33 bits per heavy atom. The Morgan fingerprint density at radius 2 is 2.06 bits per heavy atom. The highest BCUT2D eigenvalue weighted by Gasteiger charge is 2.21. The van der Waals surface area contributed by atoms with E-state index >= 15 is 0 Å². The smallest absolute Gasteiger partial charge is 0.238 e. The first-order valence-electron chi connectivity index (χ1n) is 6.16. The fourth-order valence-electron chi connectivity index (χ4n) is 1.90. The lowest BCUT2D eigenvalue weighted by Crippen LogP contribution is -2.29. The van der Waals surface area contributed by atoms with Crippen LogP contribution in [0, 0.1) is 6.92 Å². The fourth-order valence-corrected chi connectivity index (χ4v) is 1.90. The molecule has 1 amide bonds. The predicted octanol–water partition coefficient (Wildman–Crippen LogP) is 1.41. The lowest BCUT2D eigenvalue weighted by Gasteiger charge is -2.10. The van der Waals surface area contributed by atoms with E-state index in [0.29, 0.717) is 18.3 Å². The number of benzene rings is 1. The monoisotopic (exact) mass is 248 g/mol. The summed E-state index contributed by atoms with van der Waals surface area (Å²) in [5, 5.41) is 6.07. The molecule has 2 aliphatic rings. The summed E-state index contributed by atoms with van der Waals surface area (Å²) in [6.45, 7) is 2.54. The van der Waals surface area contributed by atoms with E-state index in [4.69, 9.17) is 9.47 Å². The van der Waals surface area contributed by atoms with Crippen molar-refractivity contribution in [2.24, 2.45) is 0 Å². The number of carbonyl (C=O) groups is 1. The first kappa shape index (κ1) is 11.3. The molecule has 1 heterocycles. The van der Waals surface area contributed by atoms with E-state index in [-0.39, 0.29) is 12.7 Å². The van der Waals surface area contributed by atoms with E-state index in [1.54, 1.807) is 0 Å². The highest BCUT2D eigenvalue weighted by atomic mass is 16.7. The minimum atomic E-state index is -0.0242. The van der Waals surface area contributed by atoms with Crippen molar-refractivity contribution in [1.82, 2.24) is 5.32 Å². The second-order valence-corrected chi connectivity index (χ2v) is 4.72. The van der Waals surface area contributed by atoms with Gasteiger partial charge in [-0.1, -0.05) is 0 Å². The van der Waals surface area contributed by atoms with Crippen LogP contribution in [0.25, 0.3) is 0 Å². The van der Waals surface area contributed by atoms with Gasteiger partial charge in [-0.25, -0.2) is 0 Å². The summed E-state index contributed by atoms with van der Waals surface area (Å²) in [4.78, 5) is 11.8. The molecule has 0 aromatic heterocycles. The van der Waals surface area contributed by atoms with Crippen molar-refractivity contribution in [2.45, 2.75) is 25.8 Å². The van der Waals surface area contributed by atoms with E-state index in [0.717, 1.165) is 17.0 Å². The molecule has 1 aromatic carbocycles. The Bertz CT molecular complexity index is 483. The van der Waals surface area contributed by atoms with Gasteiger partial charge in [-0.3, -0.25) is 4.79 Å². The van der Waals surface area contributed by atoms with Crippen LogP contribution in [0.1, 0.15) is 18.4 Å². The largest absolute Gasteiger partial charge is 0.454 e. The van der Waals surface area contributed by atoms with Crippen LogP contribution in [0.3, 0.4) is 0 Å².